The summed E-state index contributed by atoms with van der Waals surface area (Å²) in [6.45, 7) is 0. The van der Waals surface area contributed by atoms with Gasteiger partial charge in [-0.25, -0.2) is 4.98 Å². The molecule has 18 heavy (non-hydrogen) atoms. The first kappa shape index (κ1) is 14.4. The van der Waals surface area contributed by atoms with E-state index in [0.29, 0.717) is 16.9 Å². The number of hydrogen-bond donors (Lipinski definition) is 2. The fourth-order valence-electron chi connectivity index (χ4n) is 0.954. The Morgan fingerprint density at radius 1 is 1.33 bits per heavy atom. The number of hydrogen-bond acceptors (Lipinski definition) is 5. The van der Waals surface area contributed by atoms with Crippen LogP contribution in [-0.2, 0) is 0 Å². The number of nitrogen functional groups attached to an aromatic ring is 2. The monoisotopic (exact) mass is 328 g/mol. The second-order valence-electron chi connectivity index (χ2n) is 3.16. The van der Waals surface area contributed by atoms with Crippen molar-refractivity contribution in [3.8, 4) is 0 Å². The van der Waals surface area contributed by atoms with E-state index >= 15 is 0 Å². The van der Waals surface area contributed by atoms with Crippen molar-refractivity contribution in [1.29, 1.82) is 0 Å². The van der Waals surface area contributed by atoms with Gasteiger partial charge >= 0.3 is 0 Å². The lowest BCUT2D eigenvalue weighted by Gasteiger charge is -1.97. The van der Waals surface area contributed by atoms with E-state index < -0.39 is 0 Å². The molecule has 7 heteroatoms. The first-order valence-corrected chi connectivity index (χ1v) is 5.93. The molecule has 4 N–H and O–H groups in total. The molecule has 94 valence electrons. The maximum Gasteiger partial charge on any atom is 0.153 e. The van der Waals surface area contributed by atoms with Crippen LogP contribution in [0, 0.1) is 0 Å². The van der Waals surface area contributed by atoms with E-state index in [1.807, 2.05) is 0 Å². The number of rotatable bonds is 1. The van der Waals surface area contributed by atoms with Crippen molar-refractivity contribution in [3.05, 3.63) is 45.9 Å². The van der Waals surface area contributed by atoms with Crippen LogP contribution in [0.4, 0.5) is 11.4 Å². The van der Waals surface area contributed by atoms with E-state index in [2.05, 4.69) is 25.9 Å². The van der Waals surface area contributed by atoms with Gasteiger partial charge in [-0.05, 0) is 28.1 Å². The number of anilines is 2. The summed E-state index contributed by atoms with van der Waals surface area (Å²) in [4.78, 5) is 17.6. The Morgan fingerprint density at radius 3 is 2.50 bits per heavy atom. The zero-order valence-electron chi connectivity index (χ0n) is 9.18. The Kier molecular flexibility index (Phi) is 5.54. The number of pyridine rings is 2. The molecule has 0 aliphatic heterocycles. The first-order chi connectivity index (χ1) is 8.54. The van der Waals surface area contributed by atoms with Gasteiger partial charge in [0.1, 0.15) is 0 Å². The summed E-state index contributed by atoms with van der Waals surface area (Å²) < 4.78 is 0.826. The van der Waals surface area contributed by atoms with Crippen LogP contribution in [0.3, 0.4) is 0 Å². The van der Waals surface area contributed by atoms with Crippen molar-refractivity contribution in [2.45, 2.75) is 0 Å². The number of aldehydes is 1. The molecule has 0 unspecified atom stereocenters. The molecule has 2 heterocycles. The van der Waals surface area contributed by atoms with E-state index in [0.717, 1.165) is 10.8 Å². The lowest BCUT2D eigenvalue weighted by molar-refractivity contribution is 0.112. The van der Waals surface area contributed by atoms with Crippen LogP contribution in [0.15, 0.2) is 35.2 Å². The van der Waals surface area contributed by atoms with Crippen LogP contribution in [0.2, 0.25) is 5.15 Å². The Morgan fingerprint density at radius 2 is 2.06 bits per heavy atom. The fraction of sp³-hybridized carbons (Fsp3) is 0. The summed E-state index contributed by atoms with van der Waals surface area (Å²) in [7, 11) is 0. The number of nitrogens with two attached hydrogens (primary N) is 2. The van der Waals surface area contributed by atoms with Crippen molar-refractivity contribution < 1.29 is 4.79 Å². The van der Waals surface area contributed by atoms with Crippen molar-refractivity contribution in [3.63, 3.8) is 0 Å². The van der Waals surface area contributed by atoms with Crippen LogP contribution in [-0.4, -0.2) is 16.3 Å². The predicted octanol–water partition coefficient (Wildman–Crippen LogP) is 2.56. The molecule has 0 spiro atoms. The molecular formula is C11H10BrClN4O. The maximum atomic E-state index is 10.1. The van der Waals surface area contributed by atoms with Gasteiger partial charge in [-0.1, -0.05) is 11.6 Å². The molecule has 2 rings (SSSR count). The molecule has 0 aromatic carbocycles. The molecule has 0 radical (unpaired) electrons. The lowest BCUT2D eigenvalue weighted by atomic mass is 10.3. The average Bonchev–Trinajstić information content (AvgIpc) is 2.36. The first-order valence-electron chi connectivity index (χ1n) is 4.75. The molecule has 0 atom stereocenters. The van der Waals surface area contributed by atoms with E-state index in [4.69, 9.17) is 23.1 Å². The zero-order chi connectivity index (χ0) is 13.5. The normalized spacial score (nSPS) is 9.22. The summed E-state index contributed by atoms with van der Waals surface area (Å²) in [6.07, 6.45) is 5.41. The van der Waals surface area contributed by atoms with Crippen LogP contribution in [0.1, 0.15) is 10.4 Å². The Labute approximate surface area is 117 Å². The fourth-order valence-corrected chi connectivity index (χ4v) is 1.50. The van der Waals surface area contributed by atoms with Crippen LogP contribution >= 0.6 is 27.5 Å². The molecule has 0 aliphatic rings. The summed E-state index contributed by atoms with van der Waals surface area (Å²) in [6, 6.07) is 3.31. The standard InChI is InChI=1S/C6H4BrNO.C5H6ClN3/c7-6-1-5(4-9)2-8-3-6;6-5-4(8)3(7)1-2-9-5/h1-4H;1-2H,8H2,(H2,7,9). The van der Waals surface area contributed by atoms with Gasteiger partial charge in [-0.15, -0.1) is 0 Å². The Balaban J connectivity index is 0.000000180. The maximum absolute atomic E-state index is 10.1. The number of halogens is 2. The SMILES string of the molecule is Nc1ccnc(Cl)c1N.O=Cc1cncc(Br)c1. The Bertz CT molecular complexity index is 530. The van der Waals surface area contributed by atoms with E-state index in [9.17, 15) is 4.79 Å². The van der Waals surface area contributed by atoms with Gasteiger partial charge in [0.05, 0.1) is 11.4 Å². The molecule has 0 bridgehead atoms. The second kappa shape index (κ2) is 6.93. The van der Waals surface area contributed by atoms with Crippen LogP contribution < -0.4 is 11.5 Å². The van der Waals surface area contributed by atoms with Crippen molar-refractivity contribution in [1.82, 2.24) is 9.97 Å². The zero-order valence-corrected chi connectivity index (χ0v) is 11.5. The van der Waals surface area contributed by atoms with Gasteiger partial charge in [-0.3, -0.25) is 9.78 Å². The van der Waals surface area contributed by atoms with E-state index in [-0.39, 0.29) is 5.15 Å². The molecule has 2 aromatic rings. The van der Waals surface area contributed by atoms with E-state index in [1.165, 1.54) is 12.4 Å². The van der Waals surface area contributed by atoms with Gasteiger partial charge < -0.3 is 11.5 Å². The summed E-state index contributed by atoms with van der Waals surface area (Å²) in [5.41, 5.74) is 12.1. The number of aromatic nitrogens is 2. The Hall–Kier alpha value is -1.66. The van der Waals surface area contributed by atoms with Gasteiger partial charge in [-0.2, -0.15) is 0 Å². The van der Waals surface area contributed by atoms with Crippen LogP contribution in [0.25, 0.3) is 0 Å². The molecular weight excluding hydrogens is 320 g/mol. The minimum Gasteiger partial charge on any atom is -0.397 e. The highest BCUT2D eigenvalue weighted by molar-refractivity contribution is 9.10. The minimum absolute atomic E-state index is 0.259. The summed E-state index contributed by atoms with van der Waals surface area (Å²) >= 11 is 8.68. The highest BCUT2D eigenvalue weighted by Gasteiger charge is 1.97. The smallest absolute Gasteiger partial charge is 0.153 e. The van der Waals surface area contributed by atoms with Gasteiger partial charge in [0.2, 0.25) is 0 Å². The second-order valence-corrected chi connectivity index (χ2v) is 4.43. The number of carbonyl (C=O) groups is 1. The quantitative estimate of drug-likeness (QED) is 0.619. The molecule has 0 fully saturated rings. The highest BCUT2D eigenvalue weighted by Crippen LogP contribution is 2.20. The molecule has 0 amide bonds. The third-order valence-electron chi connectivity index (χ3n) is 1.84. The highest BCUT2D eigenvalue weighted by atomic mass is 79.9. The van der Waals surface area contributed by atoms with Crippen molar-refractivity contribution >= 4 is 45.2 Å². The van der Waals surface area contributed by atoms with Gasteiger partial charge in [0.15, 0.2) is 11.4 Å². The molecule has 0 aliphatic carbocycles. The average molecular weight is 330 g/mol. The third kappa shape index (κ3) is 4.31. The van der Waals surface area contributed by atoms with Crippen LogP contribution in [0.5, 0.6) is 0 Å². The molecule has 2 aromatic heterocycles. The molecule has 5 nitrogen and oxygen atoms in total. The predicted molar refractivity (Wildman–Crippen MR) is 75.4 cm³/mol. The van der Waals surface area contributed by atoms with Gasteiger partial charge in [0, 0.05) is 28.6 Å². The molecule has 0 saturated carbocycles. The summed E-state index contributed by atoms with van der Waals surface area (Å²) in [5.74, 6) is 0. The van der Waals surface area contributed by atoms with Gasteiger partial charge in [0.25, 0.3) is 0 Å². The van der Waals surface area contributed by atoms with Crippen molar-refractivity contribution in [2.24, 2.45) is 0 Å². The lowest BCUT2D eigenvalue weighted by Crippen LogP contribution is -1.95. The number of nitrogens with zero attached hydrogens (tertiary/aromatic N) is 2. The number of carbonyl (C=O) groups excluding carboxylic acids is 1. The molecule has 0 saturated heterocycles. The largest absolute Gasteiger partial charge is 0.397 e. The summed E-state index contributed by atoms with van der Waals surface area (Å²) in [5, 5.41) is 0.259. The third-order valence-corrected chi connectivity index (χ3v) is 2.57. The van der Waals surface area contributed by atoms with Crippen molar-refractivity contribution in [2.75, 3.05) is 11.5 Å². The van der Waals surface area contributed by atoms with E-state index in [1.54, 1.807) is 18.3 Å². The minimum atomic E-state index is 0.259. The topological polar surface area (TPSA) is 94.9 Å².